The van der Waals surface area contributed by atoms with Gasteiger partial charge in [-0.3, -0.25) is 9.59 Å². The third-order valence-corrected chi connectivity index (χ3v) is 3.06. The Morgan fingerprint density at radius 3 is 2.71 bits per heavy atom. The van der Waals surface area contributed by atoms with E-state index in [2.05, 4.69) is 5.32 Å². The van der Waals surface area contributed by atoms with Crippen LogP contribution in [-0.2, 0) is 9.53 Å². The van der Waals surface area contributed by atoms with Crippen molar-refractivity contribution in [3.8, 4) is 0 Å². The normalized spacial score (nSPS) is 10.2. The van der Waals surface area contributed by atoms with Gasteiger partial charge in [-0.15, -0.1) is 0 Å². The van der Waals surface area contributed by atoms with Gasteiger partial charge in [0.15, 0.2) is 0 Å². The summed E-state index contributed by atoms with van der Waals surface area (Å²) < 4.78 is 4.90. The van der Waals surface area contributed by atoms with Gasteiger partial charge < -0.3 is 20.7 Å². The first-order valence-corrected chi connectivity index (χ1v) is 6.83. The molecule has 0 unspecified atom stereocenters. The van der Waals surface area contributed by atoms with Crippen LogP contribution in [0.1, 0.15) is 22.3 Å². The van der Waals surface area contributed by atoms with Gasteiger partial charge >= 0.3 is 0 Å². The van der Waals surface area contributed by atoms with Gasteiger partial charge in [0, 0.05) is 38.6 Å². The zero-order chi connectivity index (χ0) is 15.8. The number of rotatable bonds is 7. The lowest BCUT2D eigenvalue weighted by molar-refractivity contribution is -0.121. The number of likely N-dealkylation sites (N-methyl/N-ethyl adjacent to an activating group) is 1. The lowest BCUT2D eigenvalue weighted by Gasteiger charge is -2.18. The van der Waals surface area contributed by atoms with Gasteiger partial charge in [0.25, 0.3) is 5.91 Å². The molecule has 0 fully saturated rings. The number of nitrogens with two attached hydrogens (primary N) is 1. The van der Waals surface area contributed by atoms with Crippen molar-refractivity contribution in [3.05, 3.63) is 29.3 Å². The second-order valence-electron chi connectivity index (χ2n) is 4.93. The fourth-order valence-corrected chi connectivity index (χ4v) is 1.92. The number of aryl methyl sites for hydroxylation is 1. The Morgan fingerprint density at radius 1 is 1.38 bits per heavy atom. The summed E-state index contributed by atoms with van der Waals surface area (Å²) in [5, 5.41) is 2.75. The molecule has 0 spiro atoms. The molecular weight excluding hydrogens is 270 g/mol. The topological polar surface area (TPSA) is 84.7 Å². The maximum Gasteiger partial charge on any atom is 0.254 e. The van der Waals surface area contributed by atoms with Crippen molar-refractivity contribution in [2.45, 2.75) is 13.3 Å². The SMILES string of the molecule is COCCCNC(=O)CN(C)C(=O)c1ccc(N)cc1C. The van der Waals surface area contributed by atoms with Gasteiger partial charge in [-0.05, 0) is 37.1 Å². The third kappa shape index (κ3) is 5.43. The van der Waals surface area contributed by atoms with Crippen molar-refractivity contribution < 1.29 is 14.3 Å². The molecule has 116 valence electrons. The molecule has 1 aromatic rings. The van der Waals surface area contributed by atoms with Gasteiger partial charge in [-0.2, -0.15) is 0 Å². The van der Waals surface area contributed by atoms with E-state index >= 15 is 0 Å². The first-order chi connectivity index (χ1) is 9.95. The van der Waals surface area contributed by atoms with Crippen LogP contribution in [0.2, 0.25) is 0 Å². The molecule has 0 saturated heterocycles. The first-order valence-electron chi connectivity index (χ1n) is 6.83. The van der Waals surface area contributed by atoms with Gasteiger partial charge in [0.1, 0.15) is 0 Å². The molecule has 6 nitrogen and oxygen atoms in total. The zero-order valence-corrected chi connectivity index (χ0v) is 12.8. The largest absolute Gasteiger partial charge is 0.399 e. The van der Waals surface area contributed by atoms with Crippen molar-refractivity contribution in [2.75, 3.05) is 39.6 Å². The highest BCUT2D eigenvalue weighted by atomic mass is 16.5. The second kappa shape index (κ2) is 8.26. The van der Waals surface area contributed by atoms with Gasteiger partial charge in [-0.25, -0.2) is 0 Å². The van der Waals surface area contributed by atoms with E-state index in [-0.39, 0.29) is 18.4 Å². The molecule has 0 heterocycles. The molecule has 0 aromatic heterocycles. The van der Waals surface area contributed by atoms with E-state index in [1.54, 1.807) is 32.4 Å². The number of methoxy groups -OCH3 is 1. The summed E-state index contributed by atoms with van der Waals surface area (Å²) in [4.78, 5) is 25.4. The fraction of sp³-hybridized carbons (Fsp3) is 0.467. The highest BCUT2D eigenvalue weighted by molar-refractivity contribution is 5.97. The molecule has 2 amide bonds. The van der Waals surface area contributed by atoms with Crippen LogP contribution in [0, 0.1) is 6.92 Å². The second-order valence-corrected chi connectivity index (χ2v) is 4.93. The van der Waals surface area contributed by atoms with E-state index in [9.17, 15) is 9.59 Å². The molecule has 21 heavy (non-hydrogen) atoms. The molecule has 0 aliphatic rings. The molecule has 1 aromatic carbocycles. The molecular formula is C15H23N3O3. The lowest BCUT2D eigenvalue weighted by Crippen LogP contribution is -2.39. The summed E-state index contributed by atoms with van der Waals surface area (Å²) >= 11 is 0. The Labute approximate surface area is 125 Å². The first kappa shape index (κ1) is 17.0. The van der Waals surface area contributed by atoms with E-state index in [0.717, 1.165) is 12.0 Å². The summed E-state index contributed by atoms with van der Waals surface area (Å²) in [6.07, 6.45) is 0.747. The number of ether oxygens (including phenoxy) is 1. The summed E-state index contributed by atoms with van der Waals surface area (Å²) in [7, 11) is 3.22. The molecule has 0 aliphatic heterocycles. The van der Waals surface area contributed by atoms with E-state index in [4.69, 9.17) is 10.5 Å². The Hall–Kier alpha value is -2.08. The maximum absolute atomic E-state index is 12.3. The quantitative estimate of drug-likeness (QED) is 0.575. The monoisotopic (exact) mass is 293 g/mol. The Kier molecular flexibility index (Phi) is 6.68. The minimum atomic E-state index is -0.195. The molecule has 0 radical (unpaired) electrons. The summed E-state index contributed by atoms with van der Waals surface area (Å²) in [6, 6.07) is 5.10. The maximum atomic E-state index is 12.3. The van der Waals surface area contributed by atoms with Crippen LogP contribution in [0.5, 0.6) is 0 Å². The minimum Gasteiger partial charge on any atom is -0.399 e. The average Bonchev–Trinajstić information content (AvgIpc) is 2.43. The number of anilines is 1. The van der Waals surface area contributed by atoms with Crippen LogP contribution in [0.15, 0.2) is 18.2 Å². The van der Waals surface area contributed by atoms with Crippen molar-refractivity contribution >= 4 is 17.5 Å². The van der Waals surface area contributed by atoms with Gasteiger partial charge in [0.05, 0.1) is 6.54 Å². The Morgan fingerprint density at radius 2 is 2.10 bits per heavy atom. The van der Waals surface area contributed by atoms with Gasteiger partial charge in [0.2, 0.25) is 5.91 Å². The highest BCUT2D eigenvalue weighted by Gasteiger charge is 2.16. The fourth-order valence-electron chi connectivity index (χ4n) is 1.92. The van der Waals surface area contributed by atoms with E-state index < -0.39 is 0 Å². The summed E-state index contributed by atoms with van der Waals surface area (Å²) in [5.74, 6) is -0.380. The van der Waals surface area contributed by atoms with Crippen molar-refractivity contribution in [3.63, 3.8) is 0 Å². The number of hydrogen-bond donors (Lipinski definition) is 2. The number of nitrogens with one attached hydrogen (secondary N) is 1. The smallest absolute Gasteiger partial charge is 0.254 e. The number of amides is 2. The number of benzene rings is 1. The van der Waals surface area contributed by atoms with Crippen LogP contribution < -0.4 is 11.1 Å². The predicted octanol–water partition coefficient (Wildman–Crippen LogP) is 0.802. The number of nitrogens with zero attached hydrogens (tertiary/aromatic N) is 1. The van der Waals surface area contributed by atoms with Crippen molar-refractivity contribution in [1.29, 1.82) is 0 Å². The van der Waals surface area contributed by atoms with Crippen LogP contribution in [0.4, 0.5) is 5.69 Å². The van der Waals surface area contributed by atoms with E-state index in [1.807, 2.05) is 6.92 Å². The van der Waals surface area contributed by atoms with Crippen molar-refractivity contribution in [2.24, 2.45) is 0 Å². The molecule has 0 aliphatic carbocycles. The standard InChI is InChI=1S/C15H23N3O3/c1-11-9-12(16)5-6-13(11)15(20)18(2)10-14(19)17-7-4-8-21-3/h5-6,9H,4,7-8,10,16H2,1-3H3,(H,17,19). The number of nitrogen functional groups attached to an aromatic ring is 1. The number of carbonyl (C=O) groups is 2. The molecule has 0 atom stereocenters. The molecule has 6 heteroatoms. The molecule has 1 rings (SSSR count). The summed E-state index contributed by atoms with van der Waals surface area (Å²) in [5.41, 5.74) is 7.63. The molecule has 0 bridgehead atoms. The highest BCUT2D eigenvalue weighted by Crippen LogP contribution is 2.14. The van der Waals surface area contributed by atoms with Crippen LogP contribution in [0.3, 0.4) is 0 Å². The average molecular weight is 293 g/mol. The Balaban J connectivity index is 2.52. The molecule has 3 N–H and O–H groups in total. The van der Waals surface area contributed by atoms with Gasteiger partial charge in [-0.1, -0.05) is 0 Å². The number of carbonyl (C=O) groups excluding carboxylic acids is 2. The Bertz CT molecular complexity index is 503. The third-order valence-electron chi connectivity index (χ3n) is 3.06. The van der Waals surface area contributed by atoms with E-state index in [1.165, 1.54) is 4.90 Å². The zero-order valence-electron chi connectivity index (χ0n) is 12.8. The summed E-state index contributed by atoms with van der Waals surface area (Å²) in [6.45, 7) is 2.98. The van der Waals surface area contributed by atoms with E-state index in [0.29, 0.717) is 24.4 Å². The lowest BCUT2D eigenvalue weighted by atomic mass is 10.1. The van der Waals surface area contributed by atoms with Crippen molar-refractivity contribution in [1.82, 2.24) is 10.2 Å². The molecule has 0 saturated carbocycles. The minimum absolute atomic E-state index is 0.0234. The van der Waals surface area contributed by atoms with Crippen LogP contribution >= 0.6 is 0 Å². The van der Waals surface area contributed by atoms with Crippen LogP contribution in [0.25, 0.3) is 0 Å². The predicted molar refractivity (Wildman–Crippen MR) is 82.1 cm³/mol. The number of hydrogen-bond acceptors (Lipinski definition) is 4. The van der Waals surface area contributed by atoms with Crippen LogP contribution in [-0.4, -0.2) is 50.6 Å².